The zero-order valence-corrected chi connectivity index (χ0v) is 7.30. The van der Waals surface area contributed by atoms with E-state index in [1.807, 2.05) is 6.92 Å². The van der Waals surface area contributed by atoms with Gasteiger partial charge in [-0.15, -0.1) is 0 Å². The summed E-state index contributed by atoms with van der Waals surface area (Å²) >= 11 is 0. The second kappa shape index (κ2) is 5.69. The van der Waals surface area contributed by atoms with Gasteiger partial charge in [-0.25, -0.2) is 0 Å². The molecule has 0 amide bonds. The summed E-state index contributed by atoms with van der Waals surface area (Å²) in [6.07, 6.45) is 3.14. The van der Waals surface area contributed by atoms with Crippen LogP contribution in [0.4, 0.5) is 0 Å². The average Bonchev–Trinajstić information content (AvgIpc) is 1.79. The molecule has 0 heterocycles. The maximum absolute atomic E-state index is 8.90. The van der Waals surface area contributed by atoms with Crippen LogP contribution in [0.2, 0.25) is 0 Å². The van der Waals surface area contributed by atoms with Crippen molar-refractivity contribution < 1.29 is 5.11 Å². The van der Waals surface area contributed by atoms with Gasteiger partial charge in [-0.3, -0.25) is 0 Å². The topological polar surface area (TPSA) is 23.5 Å². The Morgan fingerprint density at radius 2 is 1.90 bits per heavy atom. The van der Waals surface area contributed by atoms with Gasteiger partial charge in [0, 0.05) is 0 Å². The van der Waals surface area contributed by atoms with Crippen LogP contribution in [0.25, 0.3) is 0 Å². The van der Waals surface area contributed by atoms with Crippen LogP contribution in [-0.4, -0.2) is 36.8 Å². The lowest BCUT2D eigenvalue weighted by Gasteiger charge is -2.09. The number of aliphatic hydroxyl groups excluding tert-OH is 1. The molecule has 0 aliphatic carbocycles. The highest BCUT2D eigenvalue weighted by atomic mass is 16.3. The molecule has 62 valence electrons. The molecule has 0 aromatic heterocycles. The molecular weight excluding hydrogens is 126 g/mol. The van der Waals surface area contributed by atoms with Gasteiger partial charge in [0.2, 0.25) is 0 Å². The normalized spacial score (nSPS) is 14.1. The van der Waals surface area contributed by atoms with E-state index < -0.39 is 0 Å². The highest BCUT2D eigenvalue weighted by Crippen LogP contribution is 1.99. The summed E-state index contributed by atoms with van der Waals surface area (Å²) in [4.78, 5) is 2.17. The molecule has 0 rings (SSSR count). The van der Waals surface area contributed by atoms with E-state index in [0.29, 0.717) is 0 Å². The summed E-state index contributed by atoms with van der Waals surface area (Å²) in [5, 5.41) is 8.90. The number of aliphatic hydroxyl groups is 1. The van der Waals surface area contributed by atoms with E-state index in [-0.39, 0.29) is 6.10 Å². The van der Waals surface area contributed by atoms with Crippen LogP contribution < -0.4 is 0 Å². The Morgan fingerprint density at radius 1 is 1.30 bits per heavy atom. The molecule has 0 aromatic rings. The molecule has 10 heavy (non-hydrogen) atoms. The van der Waals surface area contributed by atoms with E-state index >= 15 is 0 Å². The van der Waals surface area contributed by atoms with Crippen molar-refractivity contribution in [1.82, 2.24) is 4.90 Å². The highest BCUT2D eigenvalue weighted by Gasteiger charge is 1.95. The maximum atomic E-state index is 8.90. The minimum Gasteiger partial charge on any atom is -0.393 e. The van der Waals surface area contributed by atoms with Gasteiger partial charge in [-0.2, -0.15) is 0 Å². The van der Waals surface area contributed by atoms with Crippen LogP contribution in [-0.2, 0) is 0 Å². The molecule has 0 aliphatic rings. The number of nitrogens with zero attached hydrogens (tertiary/aromatic N) is 1. The number of hydrogen-bond donors (Lipinski definition) is 1. The van der Waals surface area contributed by atoms with Crippen LogP contribution in [0.3, 0.4) is 0 Å². The van der Waals surface area contributed by atoms with Crippen LogP contribution in [0, 0.1) is 0 Å². The summed E-state index contributed by atoms with van der Waals surface area (Å²) in [6.45, 7) is 2.97. The number of hydrogen-bond acceptors (Lipinski definition) is 2. The van der Waals surface area contributed by atoms with Gasteiger partial charge in [-0.05, 0) is 46.8 Å². The highest BCUT2D eigenvalue weighted by molar-refractivity contribution is 4.49. The van der Waals surface area contributed by atoms with Crippen molar-refractivity contribution in [2.45, 2.75) is 32.3 Å². The summed E-state index contributed by atoms with van der Waals surface area (Å²) in [6, 6.07) is 0. The van der Waals surface area contributed by atoms with Crippen LogP contribution in [0.1, 0.15) is 26.2 Å². The summed E-state index contributed by atoms with van der Waals surface area (Å²) in [5.41, 5.74) is 0. The Morgan fingerprint density at radius 3 is 2.30 bits per heavy atom. The second-order valence-corrected chi connectivity index (χ2v) is 3.15. The molecule has 2 heteroatoms. The fraction of sp³-hybridized carbons (Fsp3) is 1.00. The van der Waals surface area contributed by atoms with Crippen molar-refractivity contribution in [2.75, 3.05) is 20.6 Å². The van der Waals surface area contributed by atoms with Gasteiger partial charge >= 0.3 is 0 Å². The quantitative estimate of drug-likeness (QED) is 0.586. The first-order valence-corrected chi connectivity index (χ1v) is 3.95. The maximum Gasteiger partial charge on any atom is 0.0512 e. The molecule has 1 atom stereocenters. The molecule has 0 aliphatic heterocycles. The lowest BCUT2D eigenvalue weighted by Crippen LogP contribution is -2.13. The Bertz CT molecular complexity index is 61.7. The number of rotatable bonds is 5. The Kier molecular flexibility index (Phi) is 5.64. The van der Waals surface area contributed by atoms with Crippen molar-refractivity contribution in [3.8, 4) is 0 Å². The van der Waals surface area contributed by atoms with Crippen molar-refractivity contribution in [1.29, 1.82) is 0 Å². The third-order valence-electron chi connectivity index (χ3n) is 1.48. The summed E-state index contributed by atoms with van der Waals surface area (Å²) < 4.78 is 0. The Labute approximate surface area is 63.8 Å². The first kappa shape index (κ1) is 9.92. The van der Waals surface area contributed by atoms with Gasteiger partial charge in [0.25, 0.3) is 0 Å². The minimum absolute atomic E-state index is 0.123. The molecule has 0 radical (unpaired) electrons. The lowest BCUT2D eigenvalue weighted by atomic mass is 10.2. The lowest BCUT2D eigenvalue weighted by molar-refractivity contribution is 0.179. The third kappa shape index (κ3) is 7.92. The predicted molar refractivity (Wildman–Crippen MR) is 44.1 cm³/mol. The smallest absolute Gasteiger partial charge is 0.0512 e. The van der Waals surface area contributed by atoms with E-state index in [0.717, 1.165) is 19.4 Å². The first-order valence-electron chi connectivity index (χ1n) is 3.95. The van der Waals surface area contributed by atoms with E-state index in [2.05, 4.69) is 19.0 Å². The largest absolute Gasteiger partial charge is 0.393 e. The van der Waals surface area contributed by atoms with E-state index in [4.69, 9.17) is 5.11 Å². The van der Waals surface area contributed by atoms with Gasteiger partial charge in [0.05, 0.1) is 6.10 Å². The van der Waals surface area contributed by atoms with E-state index in [1.165, 1.54) is 6.42 Å². The minimum atomic E-state index is -0.123. The molecule has 1 N–H and O–H groups in total. The molecule has 2 nitrogen and oxygen atoms in total. The van der Waals surface area contributed by atoms with Crippen molar-refractivity contribution in [2.24, 2.45) is 0 Å². The molecule has 0 aromatic carbocycles. The molecule has 0 saturated carbocycles. The second-order valence-electron chi connectivity index (χ2n) is 3.15. The zero-order valence-electron chi connectivity index (χ0n) is 7.30. The summed E-state index contributed by atoms with van der Waals surface area (Å²) in [5.74, 6) is 0. The molecule has 1 unspecified atom stereocenters. The van der Waals surface area contributed by atoms with Gasteiger partial charge in [-0.1, -0.05) is 0 Å². The number of unbranched alkanes of at least 4 members (excludes halogenated alkanes) is 1. The van der Waals surface area contributed by atoms with Gasteiger partial charge in [0.1, 0.15) is 0 Å². The van der Waals surface area contributed by atoms with Gasteiger partial charge in [0.15, 0.2) is 0 Å². The fourth-order valence-corrected chi connectivity index (χ4v) is 0.868. The van der Waals surface area contributed by atoms with Crippen LogP contribution in [0.5, 0.6) is 0 Å². The fourth-order valence-electron chi connectivity index (χ4n) is 0.868. The zero-order chi connectivity index (χ0) is 7.98. The first-order chi connectivity index (χ1) is 4.63. The monoisotopic (exact) mass is 145 g/mol. The van der Waals surface area contributed by atoms with Crippen molar-refractivity contribution in [3.63, 3.8) is 0 Å². The molecule has 0 bridgehead atoms. The third-order valence-corrected chi connectivity index (χ3v) is 1.48. The molecule has 0 spiro atoms. The van der Waals surface area contributed by atoms with E-state index in [9.17, 15) is 0 Å². The predicted octanol–water partition coefficient (Wildman–Crippen LogP) is 1.10. The Balaban J connectivity index is 2.91. The molecule has 0 fully saturated rings. The van der Waals surface area contributed by atoms with Crippen molar-refractivity contribution >= 4 is 0 Å². The van der Waals surface area contributed by atoms with Crippen molar-refractivity contribution in [3.05, 3.63) is 0 Å². The van der Waals surface area contributed by atoms with Crippen LogP contribution in [0.15, 0.2) is 0 Å². The summed E-state index contributed by atoms with van der Waals surface area (Å²) in [7, 11) is 4.14. The Hall–Kier alpha value is -0.0800. The molecular formula is C8H19NO. The average molecular weight is 145 g/mol. The SMILES string of the molecule is CC(O)CCCCN(C)C. The molecule has 0 saturated heterocycles. The van der Waals surface area contributed by atoms with Crippen LogP contribution >= 0.6 is 0 Å². The standard InChI is InChI=1S/C8H19NO/c1-8(10)6-4-5-7-9(2)3/h8,10H,4-7H2,1-3H3. The van der Waals surface area contributed by atoms with E-state index in [1.54, 1.807) is 0 Å². The van der Waals surface area contributed by atoms with Gasteiger partial charge < -0.3 is 10.0 Å².